The van der Waals surface area contributed by atoms with Gasteiger partial charge in [0.2, 0.25) is 5.89 Å². The minimum atomic E-state index is 0.425. The maximum Gasteiger partial charge on any atom is 0.315 e. The number of nitrogens with one attached hydrogen (secondary N) is 2. The second-order valence-electron chi connectivity index (χ2n) is 7.68. The van der Waals surface area contributed by atoms with Gasteiger partial charge < -0.3 is 15.1 Å². The van der Waals surface area contributed by atoms with Gasteiger partial charge in [-0.1, -0.05) is 5.10 Å². The summed E-state index contributed by atoms with van der Waals surface area (Å²) in [6, 6.07) is 1.01. The molecule has 4 saturated carbocycles. The fourth-order valence-electron chi connectivity index (χ4n) is 5.58. The summed E-state index contributed by atoms with van der Waals surface area (Å²) in [5.74, 6) is 3.58. The highest BCUT2D eigenvalue weighted by Gasteiger charge is 2.53. The lowest BCUT2D eigenvalue weighted by Gasteiger charge is -2.59. The normalized spacial score (nSPS) is 38.7. The lowest BCUT2D eigenvalue weighted by molar-refractivity contribution is -0.0605. The van der Waals surface area contributed by atoms with E-state index >= 15 is 0 Å². The highest BCUT2D eigenvalue weighted by atomic mass is 16.4. The Morgan fingerprint density at radius 2 is 1.76 bits per heavy atom. The van der Waals surface area contributed by atoms with Crippen molar-refractivity contribution in [3.63, 3.8) is 0 Å². The zero-order chi connectivity index (χ0) is 14.4. The molecule has 5 rings (SSSR count). The minimum absolute atomic E-state index is 0.425. The molecule has 1 aromatic rings. The molecule has 4 aliphatic carbocycles. The van der Waals surface area contributed by atoms with Gasteiger partial charge in [0, 0.05) is 6.04 Å². The Bertz CT molecular complexity index is 477. The van der Waals surface area contributed by atoms with Gasteiger partial charge >= 0.3 is 6.01 Å². The second-order valence-corrected chi connectivity index (χ2v) is 7.68. The summed E-state index contributed by atoms with van der Waals surface area (Å²) in [5, 5.41) is 14.7. The standard InChI is InChI=1S/C16H26N4O/c1-10(18-15-20-19-14(21-15)9-17-2)16-6-11-3-12(7-16)5-13(4-11)8-16/h10-13,17H,3-9H2,1-2H3,(H,18,20). The summed E-state index contributed by atoms with van der Waals surface area (Å²) in [5.41, 5.74) is 0.465. The maximum absolute atomic E-state index is 5.66. The van der Waals surface area contributed by atoms with E-state index in [1.54, 1.807) is 0 Å². The molecule has 1 atom stereocenters. The monoisotopic (exact) mass is 290 g/mol. The van der Waals surface area contributed by atoms with Crippen molar-refractivity contribution in [2.24, 2.45) is 23.2 Å². The topological polar surface area (TPSA) is 63.0 Å². The predicted molar refractivity (Wildman–Crippen MR) is 80.8 cm³/mol. The average molecular weight is 290 g/mol. The molecule has 4 fully saturated rings. The number of anilines is 1. The molecule has 116 valence electrons. The molecule has 1 aromatic heterocycles. The number of aromatic nitrogens is 2. The summed E-state index contributed by atoms with van der Waals surface area (Å²) in [4.78, 5) is 0. The Morgan fingerprint density at radius 3 is 2.33 bits per heavy atom. The third-order valence-electron chi connectivity index (χ3n) is 6.14. The van der Waals surface area contributed by atoms with Crippen LogP contribution in [0.5, 0.6) is 0 Å². The first-order chi connectivity index (χ1) is 10.2. The predicted octanol–water partition coefficient (Wildman–Crippen LogP) is 2.81. The van der Waals surface area contributed by atoms with E-state index in [2.05, 4.69) is 27.8 Å². The Morgan fingerprint density at radius 1 is 1.14 bits per heavy atom. The zero-order valence-corrected chi connectivity index (χ0v) is 13.1. The van der Waals surface area contributed by atoms with Crippen molar-refractivity contribution in [1.29, 1.82) is 0 Å². The van der Waals surface area contributed by atoms with Crippen LogP contribution in [0.3, 0.4) is 0 Å². The minimum Gasteiger partial charge on any atom is -0.407 e. The Kier molecular flexibility index (Phi) is 3.21. The van der Waals surface area contributed by atoms with Crippen molar-refractivity contribution in [3.8, 4) is 0 Å². The Balaban J connectivity index is 1.47. The molecule has 0 saturated heterocycles. The van der Waals surface area contributed by atoms with Crippen molar-refractivity contribution in [2.75, 3.05) is 12.4 Å². The fraction of sp³-hybridized carbons (Fsp3) is 0.875. The molecule has 0 radical (unpaired) electrons. The van der Waals surface area contributed by atoms with Crippen molar-refractivity contribution < 1.29 is 4.42 Å². The van der Waals surface area contributed by atoms with Gasteiger partial charge in [-0.3, -0.25) is 0 Å². The van der Waals surface area contributed by atoms with Crippen LogP contribution in [0.2, 0.25) is 0 Å². The highest BCUT2D eigenvalue weighted by Crippen LogP contribution is 2.61. The Labute approximate surface area is 126 Å². The lowest BCUT2D eigenvalue weighted by atomic mass is 9.48. The molecule has 4 aliphatic rings. The van der Waals surface area contributed by atoms with Crippen LogP contribution in [-0.4, -0.2) is 23.3 Å². The van der Waals surface area contributed by atoms with Crippen LogP contribution in [0.4, 0.5) is 6.01 Å². The molecule has 4 bridgehead atoms. The molecule has 5 nitrogen and oxygen atoms in total. The van der Waals surface area contributed by atoms with Crippen molar-refractivity contribution in [3.05, 3.63) is 5.89 Å². The first kappa shape index (κ1) is 13.6. The second kappa shape index (κ2) is 4.97. The van der Waals surface area contributed by atoms with E-state index in [0.717, 1.165) is 17.8 Å². The van der Waals surface area contributed by atoms with E-state index in [-0.39, 0.29) is 0 Å². The molecular weight excluding hydrogens is 264 g/mol. The van der Waals surface area contributed by atoms with Gasteiger partial charge in [0.05, 0.1) is 6.54 Å². The zero-order valence-electron chi connectivity index (χ0n) is 13.1. The van der Waals surface area contributed by atoms with Crippen molar-refractivity contribution >= 4 is 6.01 Å². The average Bonchev–Trinajstić information content (AvgIpc) is 2.85. The van der Waals surface area contributed by atoms with Crippen molar-refractivity contribution in [2.45, 2.75) is 58.0 Å². The Hall–Kier alpha value is -1.10. The van der Waals surface area contributed by atoms with Crippen molar-refractivity contribution in [1.82, 2.24) is 15.5 Å². The van der Waals surface area contributed by atoms with E-state index in [1.807, 2.05) is 7.05 Å². The summed E-state index contributed by atoms with van der Waals surface area (Å²) >= 11 is 0. The van der Waals surface area contributed by atoms with Gasteiger partial charge in [0.25, 0.3) is 0 Å². The maximum atomic E-state index is 5.66. The number of nitrogens with zero attached hydrogens (tertiary/aromatic N) is 2. The van der Waals surface area contributed by atoms with E-state index in [9.17, 15) is 0 Å². The lowest BCUT2D eigenvalue weighted by Crippen LogP contribution is -2.52. The van der Waals surface area contributed by atoms with Crippen LogP contribution in [0.1, 0.15) is 51.3 Å². The van der Waals surface area contributed by atoms with E-state index in [1.165, 1.54) is 38.5 Å². The molecule has 0 spiro atoms. The number of rotatable bonds is 5. The molecule has 2 N–H and O–H groups in total. The summed E-state index contributed by atoms with van der Waals surface area (Å²) in [6.07, 6.45) is 8.64. The van der Waals surface area contributed by atoms with Gasteiger partial charge in [-0.15, -0.1) is 5.10 Å². The smallest absolute Gasteiger partial charge is 0.315 e. The highest BCUT2D eigenvalue weighted by molar-refractivity contribution is 5.22. The first-order valence-electron chi connectivity index (χ1n) is 8.40. The molecular formula is C16H26N4O. The van der Waals surface area contributed by atoms with Crippen LogP contribution in [0, 0.1) is 23.2 Å². The van der Waals surface area contributed by atoms with E-state index in [4.69, 9.17) is 4.42 Å². The molecule has 1 heterocycles. The molecule has 0 aromatic carbocycles. The van der Waals surface area contributed by atoms with Gasteiger partial charge in [0.15, 0.2) is 0 Å². The van der Waals surface area contributed by atoms with Crippen LogP contribution in [0.15, 0.2) is 4.42 Å². The third kappa shape index (κ3) is 2.35. The van der Waals surface area contributed by atoms with Crippen LogP contribution in [-0.2, 0) is 6.54 Å². The third-order valence-corrected chi connectivity index (χ3v) is 6.14. The van der Waals surface area contributed by atoms with Gasteiger partial charge in [-0.25, -0.2) is 0 Å². The van der Waals surface area contributed by atoms with E-state index in [0.29, 0.717) is 29.9 Å². The van der Waals surface area contributed by atoms with Gasteiger partial charge in [-0.2, -0.15) is 0 Å². The van der Waals surface area contributed by atoms with Gasteiger partial charge in [-0.05, 0) is 75.7 Å². The molecule has 0 amide bonds. The number of hydrogen-bond donors (Lipinski definition) is 2. The number of hydrogen-bond acceptors (Lipinski definition) is 5. The van der Waals surface area contributed by atoms with Crippen LogP contribution >= 0.6 is 0 Å². The summed E-state index contributed by atoms with van der Waals surface area (Å²) in [7, 11) is 1.88. The fourth-order valence-corrected chi connectivity index (χ4v) is 5.58. The summed E-state index contributed by atoms with van der Waals surface area (Å²) in [6.45, 7) is 2.94. The molecule has 5 heteroatoms. The van der Waals surface area contributed by atoms with E-state index < -0.39 is 0 Å². The quantitative estimate of drug-likeness (QED) is 0.873. The molecule has 21 heavy (non-hydrogen) atoms. The SMILES string of the molecule is CNCc1nnc(NC(C)C23CC4CC(CC(C4)C2)C3)o1. The largest absolute Gasteiger partial charge is 0.407 e. The molecule has 0 aliphatic heterocycles. The van der Waals surface area contributed by atoms with Crippen LogP contribution in [0.25, 0.3) is 0 Å². The first-order valence-corrected chi connectivity index (χ1v) is 8.40. The van der Waals surface area contributed by atoms with Gasteiger partial charge in [0.1, 0.15) is 0 Å². The molecule has 1 unspecified atom stereocenters. The summed E-state index contributed by atoms with van der Waals surface area (Å²) < 4.78 is 5.66. The van der Waals surface area contributed by atoms with Crippen LogP contribution < -0.4 is 10.6 Å².